The Hall–Kier alpha value is -3.93. The number of benzene rings is 2. The first-order valence-electron chi connectivity index (χ1n) is 13.5. The van der Waals surface area contributed by atoms with Gasteiger partial charge in [0, 0.05) is 54.0 Å². The third-order valence-corrected chi connectivity index (χ3v) is 6.90. The normalized spacial score (nSPS) is 14.3. The van der Waals surface area contributed by atoms with E-state index in [1.165, 1.54) is 12.5 Å². The van der Waals surface area contributed by atoms with Gasteiger partial charge in [-0.3, -0.25) is 9.59 Å². The molecule has 0 bridgehead atoms. The number of aromatic nitrogens is 1. The summed E-state index contributed by atoms with van der Waals surface area (Å²) in [5.74, 6) is 2.45. The average Bonchev–Trinajstić information content (AvgIpc) is 3.56. The van der Waals surface area contributed by atoms with Gasteiger partial charge in [-0.05, 0) is 61.6 Å². The lowest BCUT2D eigenvalue weighted by Crippen LogP contribution is -2.41. The van der Waals surface area contributed by atoms with E-state index in [-0.39, 0.29) is 18.0 Å². The van der Waals surface area contributed by atoms with E-state index in [2.05, 4.69) is 21.5 Å². The summed E-state index contributed by atoms with van der Waals surface area (Å²) >= 11 is 0. The molecule has 2 amide bonds. The molecule has 1 heterocycles. The minimum atomic E-state index is -0.803. The van der Waals surface area contributed by atoms with Gasteiger partial charge in [0.25, 0.3) is 11.8 Å². The highest BCUT2D eigenvalue weighted by molar-refractivity contribution is 6.01. The third-order valence-electron chi connectivity index (χ3n) is 6.90. The Morgan fingerprint density at radius 1 is 1.13 bits per heavy atom. The Bertz CT molecular complexity index is 1320. The van der Waals surface area contributed by atoms with Crippen molar-refractivity contribution in [2.24, 2.45) is 0 Å². The molecule has 1 aliphatic rings. The van der Waals surface area contributed by atoms with Gasteiger partial charge in [-0.2, -0.15) is 0 Å². The summed E-state index contributed by atoms with van der Waals surface area (Å²) in [5.41, 5.74) is 2.97. The van der Waals surface area contributed by atoms with Crippen LogP contribution in [0.5, 0.6) is 0 Å². The van der Waals surface area contributed by atoms with Crippen LogP contribution < -0.4 is 10.6 Å². The van der Waals surface area contributed by atoms with Gasteiger partial charge in [-0.25, -0.2) is 4.98 Å². The lowest BCUT2D eigenvalue weighted by Gasteiger charge is -2.22. The summed E-state index contributed by atoms with van der Waals surface area (Å²) in [6, 6.07) is 12.8. The highest BCUT2D eigenvalue weighted by Crippen LogP contribution is 2.45. The summed E-state index contributed by atoms with van der Waals surface area (Å²) < 4.78 is 5.44. The second-order valence-corrected chi connectivity index (χ2v) is 9.98. The third kappa shape index (κ3) is 6.94. The molecule has 3 N–H and O–H groups in total. The molecule has 0 aliphatic heterocycles. The molecule has 0 spiro atoms. The van der Waals surface area contributed by atoms with Gasteiger partial charge < -0.3 is 25.1 Å². The molecule has 3 aromatic rings. The number of hydrogen-bond acceptors (Lipinski definition) is 6. The first-order chi connectivity index (χ1) is 18.9. The molecule has 0 saturated heterocycles. The molecule has 2 aromatic carbocycles. The Morgan fingerprint density at radius 2 is 1.87 bits per heavy atom. The summed E-state index contributed by atoms with van der Waals surface area (Å²) in [6.07, 6.45) is 11.3. The van der Waals surface area contributed by atoms with E-state index in [0.717, 1.165) is 36.8 Å². The molecule has 0 unspecified atom stereocenters. The molecule has 39 heavy (non-hydrogen) atoms. The minimum absolute atomic E-state index is 0.0522. The van der Waals surface area contributed by atoms with Crippen molar-refractivity contribution >= 4 is 11.8 Å². The number of oxazole rings is 1. The lowest BCUT2D eigenvalue weighted by molar-refractivity contribution is 0.0755. The molecule has 8 heteroatoms. The van der Waals surface area contributed by atoms with E-state index < -0.39 is 12.0 Å². The maximum absolute atomic E-state index is 13.3. The highest BCUT2D eigenvalue weighted by atomic mass is 16.3. The molecule has 4 rings (SSSR count). The highest BCUT2D eigenvalue weighted by Gasteiger charge is 2.44. The maximum atomic E-state index is 13.3. The predicted octanol–water partition coefficient (Wildman–Crippen LogP) is 3.95. The zero-order valence-corrected chi connectivity index (χ0v) is 22.6. The molecule has 1 saturated carbocycles. The fourth-order valence-electron chi connectivity index (χ4n) is 4.71. The van der Waals surface area contributed by atoms with Crippen molar-refractivity contribution in [2.75, 3.05) is 26.2 Å². The van der Waals surface area contributed by atoms with Crippen molar-refractivity contribution in [1.29, 1.82) is 0 Å². The summed E-state index contributed by atoms with van der Waals surface area (Å²) in [7, 11) is 0. The topological polar surface area (TPSA) is 108 Å². The smallest absolute Gasteiger partial charge is 0.253 e. The van der Waals surface area contributed by atoms with Gasteiger partial charge in [0.15, 0.2) is 0 Å². The van der Waals surface area contributed by atoms with E-state index in [9.17, 15) is 14.7 Å². The van der Waals surface area contributed by atoms with Crippen molar-refractivity contribution < 1.29 is 19.1 Å². The number of terminal acetylenes is 1. The molecule has 204 valence electrons. The van der Waals surface area contributed by atoms with Crippen LogP contribution in [0.2, 0.25) is 0 Å². The van der Waals surface area contributed by atoms with E-state index in [0.29, 0.717) is 42.2 Å². The number of nitrogens with zero attached hydrogens (tertiary/aromatic N) is 2. The number of rotatable bonds is 13. The largest absolute Gasteiger partial charge is 0.445 e. The zero-order valence-electron chi connectivity index (χ0n) is 22.6. The number of amides is 2. The van der Waals surface area contributed by atoms with Crippen LogP contribution in [-0.2, 0) is 5.54 Å². The van der Waals surface area contributed by atoms with Crippen LogP contribution in [0.15, 0.2) is 59.3 Å². The first kappa shape index (κ1) is 28.1. The number of aliphatic hydroxyl groups is 1. The standard InChI is InChI=1S/C31H36N4O4/c1-4-13-35(14-5-2)30(38)25-18-23(17-24(19-25)29-32-12-15-39-29)28(37)33-20-27(36)21-34-31(10-11-31)26-9-7-8-22(6-3)16-26/h3,7-9,12,15-19,27,34,36H,4-5,10-11,13-14,20-21H2,1-2H3,(H,33,37)/t27-/m0/s1. The van der Waals surface area contributed by atoms with Gasteiger partial charge in [0.05, 0.1) is 12.3 Å². The van der Waals surface area contributed by atoms with Gasteiger partial charge >= 0.3 is 0 Å². The van der Waals surface area contributed by atoms with Crippen molar-refractivity contribution in [3.05, 3.63) is 77.2 Å². The van der Waals surface area contributed by atoms with Crippen molar-refractivity contribution in [2.45, 2.75) is 51.2 Å². The fraction of sp³-hybridized carbons (Fsp3) is 0.387. The van der Waals surface area contributed by atoms with Crippen LogP contribution >= 0.6 is 0 Å². The van der Waals surface area contributed by atoms with Crippen molar-refractivity contribution in [1.82, 2.24) is 20.5 Å². The lowest BCUT2D eigenvalue weighted by atomic mass is 10.0. The Labute approximate surface area is 229 Å². The predicted molar refractivity (Wildman–Crippen MR) is 150 cm³/mol. The van der Waals surface area contributed by atoms with Gasteiger partial charge in [-0.1, -0.05) is 31.9 Å². The van der Waals surface area contributed by atoms with E-state index in [4.69, 9.17) is 10.8 Å². The van der Waals surface area contributed by atoms with Gasteiger partial charge in [0.1, 0.15) is 6.26 Å². The monoisotopic (exact) mass is 528 g/mol. The first-order valence-corrected chi connectivity index (χ1v) is 13.5. The zero-order chi connectivity index (χ0) is 27.8. The molecule has 1 aliphatic carbocycles. The molecule has 1 aromatic heterocycles. The minimum Gasteiger partial charge on any atom is -0.445 e. The average molecular weight is 529 g/mol. The van der Waals surface area contributed by atoms with Crippen LogP contribution in [0, 0.1) is 12.3 Å². The number of carbonyl (C=O) groups excluding carboxylic acids is 2. The second kappa shape index (κ2) is 12.7. The quantitative estimate of drug-likeness (QED) is 0.290. The van der Waals surface area contributed by atoms with Crippen LogP contribution in [0.1, 0.15) is 71.4 Å². The summed E-state index contributed by atoms with van der Waals surface area (Å²) in [4.78, 5) is 32.4. The number of nitrogens with one attached hydrogen (secondary N) is 2. The van der Waals surface area contributed by atoms with E-state index in [1.54, 1.807) is 23.1 Å². The van der Waals surface area contributed by atoms with Crippen LogP contribution in [-0.4, -0.2) is 59.1 Å². The Balaban J connectivity index is 1.43. The fourth-order valence-corrected chi connectivity index (χ4v) is 4.71. The van der Waals surface area contributed by atoms with E-state index >= 15 is 0 Å². The summed E-state index contributed by atoms with van der Waals surface area (Å²) in [6.45, 7) is 5.67. The molecule has 1 atom stereocenters. The van der Waals surface area contributed by atoms with E-state index in [1.807, 2.05) is 38.1 Å². The van der Waals surface area contributed by atoms with Crippen LogP contribution in [0.25, 0.3) is 11.5 Å². The molecule has 0 radical (unpaired) electrons. The van der Waals surface area contributed by atoms with Gasteiger partial charge in [-0.15, -0.1) is 6.42 Å². The molecule has 8 nitrogen and oxygen atoms in total. The summed E-state index contributed by atoms with van der Waals surface area (Å²) in [5, 5.41) is 16.9. The SMILES string of the molecule is C#Cc1cccc(C2(NC[C@@H](O)CNC(=O)c3cc(C(=O)N(CCC)CCC)cc(-c4ncco4)c3)CC2)c1. The Morgan fingerprint density at radius 3 is 2.51 bits per heavy atom. The number of aliphatic hydroxyl groups excluding tert-OH is 1. The number of carbonyl (C=O) groups is 2. The van der Waals surface area contributed by atoms with Crippen molar-refractivity contribution in [3.8, 4) is 23.8 Å². The maximum Gasteiger partial charge on any atom is 0.253 e. The van der Waals surface area contributed by atoms with Crippen molar-refractivity contribution in [3.63, 3.8) is 0 Å². The van der Waals surface area contributed by atoms with Gasteiger partial charge in [0.2, 0.25) is 5.89 Å². The molecular weight excluding hydrogens is 492 g/mol. The molecule has 1 fully saturated rings. The van der Waals surface area contributed by atoms with Crippen LogP contribution in [0.4, 0.5) is 0 Å². The second-order valence-electron chi connectivity index (χ2n) is 9.98. The van der Waals surface area contributed by atoms with Crippen LogP contribution in [0.3, 0.4) is 0 Å². The molecular formula is C31H36N4O4. The number of hydrogen-bond donors (Lipinski definition) is 3. The Kier molecular flexibility index (Phi) is 9.18.